The molecular weight excluding hydrogens is 581 g/mol. The number of ether oxygens (including phenoxy) is 1. The highest BCUT2D eigenvalue weighted by molar-refractivity contribution is 6.02. The Bertz CT molecular complexity index is 2070. The molecule has 0 atom stereocenters. The number of anilines is 1. The van der Waals surface area contributed by atoms with E-state index in [0.717, 1.165) is 99.8 Å². The Kier molecular flexibility index (Phi) is 7.14. The fourth-order valence-electron chi connectivity index (χ4n) is 6.67. The van der Waals surface area contributed by atoms with Crippen LogP contribution in [0.3, 0.4) is 0 Å². The number of hydrogen-bond acceptors (Lipinski definition) is 8. The van der Waals surface area contributed by atoms with Crippen LogP contribution in [0, 0.1) is 12.7 Å². The summed E-state index contributed by atoms with van der Waals surface area (Å²) < 4.78 is 22.7. The van der Waals surface area contributed by atoms with Crippen LogP contribution in [0.15, 0.2) is 61.1 Å². The van der Waals surface area contributed by atoms with E-state index in [1.807, 2.05) is 25.4 Å². The van der Waals surface area contributed by atoms with E-state index in [9.17, 15) is 4.39 Å². The van der Waals surface area contributed by atoms with Crippen molar-refractivity contribution in [1.29, 1.82) is 0 Å². The van der Waals surface area contributed by atoms with E-state index in [1.165, 1.54) is 18.9 Å². The standard InChI is InChI=1S/C35H36FN9O/c1-21-5-6-27(22-11-24(36)14-26(12-22)46-10-9-44-7-3-4-8-44)28-15-30(41-33(21)28)34-29-13-23(16-39-35(29)43(2)42-34)31-17-38-18-32(40-31)45-19-25(37)20-45/h5-6,11-18,25,41H,3-4,7-10,19-20,37H2,1-2H3. The quantitative estimate of drug-likeness (QED) is 0.236. The van der Waals surface area contributed by atoms with Crippen LogP contribution in [0.4, 0.5) is 10.2 Å². The van der Waals surface area contributed by atoms with E-state index in [2.05, 4.69) is 44.9 Å². The van der Waals surface area contributed by atoms with Crippen molar-refractivity contribution in [2.75, 3.05) is 44.2 Å². The molecule has 3 N–H and O–H groups in total. The summed E-state index contributed by atoms with van der Waals surface area (Å²) in [6.07, 6.45) is 7.80. The summed E-state index contributed by atoms with van der Waals surface area (Å²) >= 11 is 0. The van der Waals surface area contributed by atoms with Gasteiger partial charge in [0.1, 0.15) is 29.7 Å². The van der Waals surface area contributed by atoms with Gasteiger partial charge in [-0.25, -0.2) is 19.0 Å². The molecule has 0 radical (unpaired) electrons. The van der Waals surface area contributed by atoms with Gasteiger partial charge in [0.15, 0.2) is 5.65 Å². The minimum atomic E-state index is -0.323. The van der Waals surface area contributed by atoms with Crippen molar-refractivity contribution < 1.29 is 9.13 Å². The largest absolute Gasteiger partial charge is 0.492 e. The van der Waals surface area contributed by atoms with Crippen molar-refractivity contribution in [1.82, 2.24) is 34.6 Å². The molecule has 46 heavy (non-hydrogen) atoms. The number of aryl methyl sites for hydroxylation is 2. The number of likely N-dealkylation sites (tertiary alicyclic amines) is 1. The van der Waals surface area contributed by atoms with Crippen molar-refractivity contribution in [3.63, 3.8) is 0 Å². The van der Waals surface area contributed by atoms with E-state index in [4.69, 9.17) is 25.5 Å². The Morgan fingerprint density at radius 2 is 1.85 bits per heavy atom. The second-order valence-corrected chi connectivity index (χ2v) is 12.5. The Morgan fingerprint density at radius 3 is 2.67 bits per heavy atom. The molecule has 11 heteroatoms. The van der Waals surface area contributed by atoms with Gasteiger partial charge in [-0.15, -0.1) is 0 Å². The number of benzene rings is 2. The molecule has 2 aromatic carbocycles. The number of pyridine rings is 1. The van der Waals surface area contributed by atoms with Gasteiger partial charge in [0.05, 0.1) is 23.8 Å². The van der Waals surface area contributed by atoms with Crippen LogP contribution in [0.5, 0.6) is 5.75 Å². The van der Waals surface area contributed by atoms with Crippen LogP contribution in [0.2, 0.25) is 0 Å². The third kappa shape index (κ3) is 5.25. The second kappa shape index (κ2) is 11.5. The van der Waals surface area contributed by atoms with Crippen LogP contribution in [0.1, 0.15) is 18.4 Å². The Hall–Kier alpha value is -4.87. The molecule has 0 bridgehead atoms. The van der Waals surface area contributed by atoms with Gasteiger partial charge < -0.3 is 20.4 Å². The van der Waals surface area contributed by atoms with E-state index in [1.54, 1.807) is 23.1 Å². The zero-order chi connectivity index (χ0) is 31.4. The topological polar surface area (TPSA) is 114 Å². The van der Waals surface area contributed by atoms with E-state index in [0.29, 0.717) is 12.4 Å². The molecule has 0 saturated carbocycles. The average molecular weight is 618 g/mol. The lowest BCUT2D eigenvalue weighted by molar-refractivity contribution is 0.237. The number of nitrogens with two attached hydrogens (primary N) is 1. The summed E-state index contributed by atoms with van der Waals surface area (Å²) in [5.41, 5.74) is 13.7. The molecule has 2 saturated heterocycles. The minimum absolute atomic E-state index is 0.169. The lowest BCUT2D eigenvalue weighted by Crippen LogP contribution is -2.56. The number of aromatic amines is 1. The van der Waals surface area contributed by atoms with Crippen LogP contribution >= 0.6 is 0 Å². The smallest absolute Gasteiger partial charge is 0.158 e. The number of hydrogen-bond donors (Lipinski definition) is 2. The Labute approximate surface area is 266 Å². The summed E-state index contributed by atoms with van der Waals surface area (Å²) in [6.45, 7) is 7.20. The number of nitrogens with one attached hydrogen (secondary N) is 1. The normalized spacial score (nSPS) is 15.7. The molecule has 0 unspecified atom stereocenters. The van der Waals surface area contributed by atoms with Gasteiger partial charge in [-0.3, -0.25) is 9.88 Å². The molecule has 6 aromatic rings. The van der Waals surface area contributed by atoms with E-state index in [-0.39, 0.29) is 11.9 Å². The lowest BCUT2D eigenvalue weighted by Gasteiger charge is -2.37. The maximum atomic E-state index is 14.9. The summed E-state index contributed by atoms with van der Waals surface area (Å²) in [5, 5.41) is 6.75. The minimum Gasteiger partial charge on any atom is -0.492 e. The Balaban J connectivity index is 1.15. The van der Waals surface area contributed by atoms with Gasteiger partial charge in [-0.2, -0.15) is 5.10 Å². The van der Waals surface area contributed by atoms with Gasteiger partial charge in [0, 0.05) is 66.8 Å². The first-order valence-corrected chi connectivity index (χ1v) is 15.8. The Morgan fingerprint density at radius 1 is 1.00 bits per heavy atom. The van der Waals surface area contributed by atoms with Crippen LogP contribution in [-0.4, -0.2) is 80.0 Å². The van der Waals surface area contributed by atoms with Crippen molar-refractivity contribution in [3.8, 4) is 39.5 Å². The molecule has 0 aliphatic carbocycles. The molecule has 6 heterocycles. The molecular formula is C35H36FN9O. The summed E-state index contributed by atoms with van der Waals surface area (Å²) in [7, 11) is 1.89. The molecule has 8 rings (SSSR count). The zero-order valence-corrected chi connectivity index (χ0v) is 26.0. The fraction of sp³-hybridized carbons (Fsp3) is 0.314. The number of halogens is 1. The molecule has 234 valence electrons. The summed E-state index contributed by atoms with van der Waals surface area (Å²) in [5.74, 6) is 1.02. The summed E-state index contributed by atoms with van der Waals surface area (Å²) in [4.78, 5) is 22.2. The highest BCUT2D eigenvalue weighted by atomic mass is 19.1. The van der Waals surface area contributed by atoms with Crippen molar-refractivity contribution in [3.05, 3.63) is 72.4 Å². The van der Waals surface area contributed by atoms with Crippen molar-refractivity contribution in [2.24, 2.45) is 12.8 Å². The fourth-order valence-corrected chi connectivity index (χ4v) is 6.67. The number of H-pyrrole nitrogens is 1. The predicted octanol–water partition coefficient (Wildman–Crippen LogP) is 5.31. The molecule has 4 aromatic heterocycles. The van der Waals surface area contributed by atoms with Gasteiger partial charge in [-0.05, 0) is 73.8 Å². The SMILES string of the molecule is Cc1ccc(-c2cc(F)cc(OCCN3CCCC3)c2)c2cc(-c3nn(C)c4ncc(-c5cncc(N6CC(N)C6)n5)cc34)[nH]c12. The molecule has 10 nitrogen and oxygen atoms in total. The lowest BCUT2D eigenvalue weighted by atomic mass is 9.99. The number of rotatable bonds is 8. The predicted molar refractivity (Wildman–Crippen MR) is 178 cm³/mol. The molecule has 0 spiro atoms. The van der Waals surface area contributed by atoms with E-state index >= 15 is 0 Å². The first-order chi connectivity index (χ1) is 22.4. The van der Waals surface area contributed by atoms with Gasteiger partial charge in [0.2, 0.25) is 0 Å². The average Bonchev–Trinajstić information content (AvgIpc) is 3.79. The number of nitrogens with zero attached hydrogens (tertiary/aromatic N) is 7. The van der Waals surface area contributed by atoms with Gasteiger partial charge in [-0.1, -0.05) is 12.1 Å². The van der Waals surface area contributed by atoms with Crippen LogP contribution in [0.25, 0.3) is 55.7 Å². The van der Waals surface area contributed by atoms with Crippen molar-refractivity contribution in [2.45, 2.75) is 25.8 Å². The molecule has 2 aliphatic heterocycles. The highest BCUT2D eigenvalue weighted by Gasteiger charge is 2.25. The van der Waals surface area contributed by atoms with Crippen LogP contribution < -0.4 is 15.4 Å². The first-order valence-electron chi connectivity index (χ1n) is 15.8. The summed E-state index contributed by atoms with van der Waals surface area (Å²) in [6, 6.07) is 13.4. The number of fused-ring (bicyclic) bond motifs is 2. The molecule has 2 fully saturated rings. The maximum absolute atomic E-state index is 14.9. The van der Waals surface area contributed by atoms with Gasteiger partial charge >= 0.3 is 0 Å². The maximum Gasteiger partial charge on any atom is 0.158 e. The third-order valence-corrected chi connectivity index (χ3v) is 9.14. The highest BCUT2D eigenvalue weighted by Crippen LogP contribution is 2.37. The number of aromatic nitrogens is 6. The second-order valence-electron chi connectivity index (χ2n) is 12.5. The van der Waals surface area contributed by atoms with Gasteiger partial charge in [0.25, 0.3) is 0 Å². The monoisotopic (exact) mass is 617 g/mol. The van der Waals surface area contributed by atoms with Crippen LogP contribution in [-0.2, 0) is 7.05 Å². The first kappa shape index (κ1) is 28.6. The molecule has 0 amide bonds. The molecule has 2 aliphatic rings. The van der Waals surface area contributed by atoms with E-state index < -0.39 is 0 Å². The van der Waals surface area contributed by atoms with Crippen molar-refractivity contribution >= 4 is 27.8 Å². The zero-order valence-electron chi connectivity index (χ0n) is 26.0. The third-order valence-electron chi connectivity index (χ3n) is 9.14.